The van der Waals surface area contributed by atoms with Gasteiger partial charge in [0.05, 0.1) is 12.3 Å². The lowest BCUT2D eigenvalue weighted by Gasteiger charge is -2.12. The number of nitrogens with zero attached hydrogens (tertiary/aromatic N) is 1. The molecule has 1 aromatic heterocycles. The van der Waals surface area contributed by atoms with Crippen molar-refractivity contribution in [1.29, 1.82) is 0 Å². The van der Waals surface area contributed by atoms with Crippen molar-refractivity contribution in [2.75, 3.05) is 6.61 Å². The van der Waals surface area contributed by atoms with Gasteiger partial charge in [0.2, 0.25) is 0 Å². The predicted octanol–water partition coefficient (Wildman–Crippen LogP) is 1.41. The highest BCUT2D eigenvalue weighted by Crippen LogP contribution is 2.47. The molecule has 1 aromatic rings. The van der Waals surface area contributed by atoms with E-state index in [-0.39, 0.29) is 12.0 Å². The second-order valence-electron chi connectivity index (χ2n) is 3.61. The highest BCUT2D eigenvalue weighted by atomic mass is 16.3. The Morgan fingerprint density at radius 3 is 2.83 bits per heavy atom. The topological polar surface area (TPSA) is 33.1 Å². The smallest absolute Gasteiger partial charge is 0.0543 e. The standard InChI is InChI=1S/C10H13NO/c1-8-3-2-6-11-9(8)10(7-12)4-5-10/h2-3,6,12H,4-5,7H2,1H3. The van der Waals surface area contributed by atoms with Crippen molar-refractivity contribution in [2.45, 2.75) is 25.2 Å². The fourth-order valence-corrected chi connectivity index (χ4v) is 1.66. The monoisotopic (exact) mass is 163 g/mol. The molecule has 2 rings (SSSR count). The van der Waals surface area contributed by atoms with Gasteiger partial charge in [0.1, 0.15) is 0 Å². The summed E-state index contributed by atoms with van der Waals surface area (Å²) in [7, 11) is 0. The molecule has 1 aliphatic rings. The van der Waals surface area contributed by atoms with Gasteiger partial charge in [-0.05, 0) is 31.4 Å². The normalized spacial score (nSPS) is 19.2. The van der Waals surface area contributed by atoms with Gasteiger partial charge in [-0.15, -0.1) is 0 Å². The maximum atomic E-state index is 9.19. The van der Waals surface area contributed by atoms with Crippen LogP contribution in [0.5, 0.6) is 0 Å². The number of aromatic nitrogens is 1. The summed E-state index contributed by atoms with van der Waals surface area (Å²) in [6.45, 7) is 2.29. The molecule has 0 aromatic carbocycles. The van der Waals surface area contributed by atoms with Crippen LogP contribution in [-0.2, 0) is 5.41 Å². The van der Waals surface area contributed by atoms with Crippen LogP contribution < -0.4 is 0 Å². The molecule has 0 atom stereocenters. The Labute approximate surface area is 72.3 Å². The zero-order chi connectivity index (χ0) is 8.60. The van der Waals surface area contributed by atoms with E-state index in [9.17, 15) is 5.11 Å². The lowest BCUT2D eigenvalue weighted by atomic mass is 9.99. The molecule has 1 saturated carbocycles. The van der Waals surface area contributed by atoms with Gasteiger partial charge in [0.15, 0.2) is 0 Å². The van der Waals surface area contributed by atoms with Crippen LogP contribution in [0.15, 0.2) is 18.3 Å². The number of aliphatic hydroxyl groups excluding tert-OH is 1. The van der Waals surface area contributed by atoms with Gasteiger partial charge in [-0.1, -0.05) is 6.07 Å². The third kappa shape index (κ3) is 1.03. The van der Waals surface area contributed by atoms with Crippen molar-refractivity contribution in [3.05, 3.63) is 29.6 Å². The summed E-state index contributed by atoms with van der Waals surface area (Å²) < 4.78 is 0. The number of rotatable bonds is 2. The highest BCUT2D eigenvalue weighted by Gasteiger charge is 2.45. The summed E-state index contributed by atoms with van der Waals surface area (Å²) in [5.41, 5.74) is 2.31. The highest BCUT2D eigenvalue weighted by molar-refractivity contribution is 5.31. The molecule has 2 nitrogen and oxygen atoms in total. The molecular formula is C10H13NO. The maximum absolute atomic E-state index is 9.19. The molecule has 0 amide bonds. The summed E-state index contributed by atoms with van der Waals surface area (Å²) in [6, 6.07) is 3.99. The molecule has 0 saturated heterocycles. The van der Waals surface area contributed by atoms with Crippen LogP contribution in [-0.4, -0.2) is 16.7 Å². The van der Waals surface area contributed by atoms with Crippen LogP contribution in [0.2, 0.25) is 0 Å². The second kappa shape index (κ2) is 2.56. The molecule has 64 valence electrons. The number of aliphatic hydroxyl groups is 1. The van der Waals surface area contributed by atoms with E-state index in [0.29, 0.717) is 0 Å². The Morgan fingerprint density at radius 1 is 1.58 bits per heavy atom. The first kappa shape index (κ1) is 7.74. The minimum absolute atomic E-state index is 0.0192. The molecular weight excluding hydrogens is 150 g/mol. The summed E-state index contributed by atoms with van der Waals surface area (Å²) in [5.74, 6) is 0. The first-order chi connectivity index (χ1) is 5.78. The molecule has 0 unspecified atom stereocenters. The van der Waals surface area contributed by atoms with E-state index in [1.807, 2.05) is 6.07 Å². The minimum atomic E-state index is 0.0192. The Kier molecular flexibility index (Phi) is 1.65. The Bertz CT molecular complexity index is 292. The maximum Gasteiger partial charge on any atom is 0.0543 e. The van der Waals surface area contributed by atoms with Crippen LogP contribution in [0.1, 0.15) is 24.1 Å². The van der Waals surface area contributed by atoms with E-state index in [4.69, 9.17) is 0 Å². The Balaban J connectivity index is 2.40. The minimum Gasteiger partial charge on any atom is -0.395 e. The van der Waals surface area contributed by atoms with Gasteiger partial charge in [-0.3, -0.25) is 4.98 Å². The second-order valence-corrected chi connectivity index (χ2v) is 3.61. The molecule has 12 heavy (non-hydrogen) atoms. The number of pyridine rings is 1. The predicted molar refractivity (Wildman–Crippen MR) is 47.0 cm³/mol. The third-order valence-corrected chi connectivity index (χ3v) is 2.67. The fraction of sp³-hybridized carbons (Fsp3) is 0.500. The lowest BCUT2D eigenvalue weighted by molar-refractivity contribution is 0.252. The molecule has 1 heterocycles. The van der Waals surface area contributed by atoms with Gasteiger partial charge in [-0.2, -0.15) is 0 Å². The number of hydrogen-bond donors (Lipinski definition) is 1. The van der Waals surface area contributed by atoms with Crippen molar-refractivity contribution in [3.8, 4) is 0 Å². The zero-order valence-corrected chi connectivity index (χ0v) is 7.25. The number of hydrogen-bond acceptors (Lipinski definition) is 2. The largest absolute Gasteiger partial charge is 0.395 e. The van der Waals surface area contributed by atoms with Gasteiger partial charge in [0, 0.05) is 11.6 Å². The van der Waals surface area contributed by atoms with Crippen LogP contribution in [0.3, 0.4) is 0 Å². The van der Waals surface area contributed by atoms with Crippen LogP contribution in [0, 0.1) is 6.92 Å². The van der Waals surface area contributed by atoms with Crippen LogP contribution >= 0.6 is 0 Å². The van der Waals surface area contributed by atoms with Crippen molar-refractivity contribution in [2.24, 2.45) is 0 Å². The SMILES string of the molecule is Cc1cccnc1C1(CO)CC1. The van der Waals surface area contributed by atoms with Crippen molar-refractivity contribution in [3.63, 3.8) is 0 Å². The molecule has 1 fully saturated rings. The summed E-state index contributed by atoms with van der Waals surface area (Å²) in [5, 5.41) is 9.19. The third-order valence-electron chi connectivity index (χ3n) is 2.67. The van der Waals surface area contributed by atoms with Crippen LogP contribution in [0.25, 0.3) is 0 Å². The number of aryl methyl sites for hydroxylation is 1. The lowest BCUT2D eigenvalue weighted by Crippen LogP contribution is -2.15. The van der Waals surface area contributed by atoms with E-state index in [1.165, 1.54) is 5.56 Å². The average molecular weight is 163 g/mol. The summed E-state index contributed by atoms with van der Waals surface area (Å²) in [6.07, 6.45) is 3.97. The van der Waals surface area contributed by atoms with Gasteiger partial charge >= 0.3 is 0 Å². The Hall–Kier alpha value is -0.890. The van der Waals surface area contributed by atoms with E-state index in [0.717, 1.165) is 18.5 Å². The zero-order valence-electron chi connectivity index (χ0n) is 7.25. The van der Waals surface area contributed by atoms with E-state index in [1.54, 1.807) is 6.20 Å². The molecule has 0 radical (unpaired) electrons. The van der Waals surface area contributed by atoms with Gasteiger partial charge < -0.3 is 5.11 Å². The summed E-state index contributed by atoms with van der Waals surface area (Å²) in [4.78, 5) is 4.32. The molecule has 0 aliphatic heterocycles. The van der Waals surface area contributed by atoms with E-state index >= 15 is 0 Å². The van der Waals surface area contributed by atoms with Crippen molar-refractivity contribution >= 4 is 0 Å². The molecule has 2 heteroatoms. The molecule has 1 aliphatic carbocycles. The molecule has 0 bridgehead atoms. The van der Waals surface area contributed by atoms with Gasteiger partial charge in [-0.25, -0.2) is 0 Å². The van der Waals surface area contributed by atoms with Crippen molar-refractivity contribution in [1.82, 2.24) is 4.98 Å². The van der Waals surface area contributed by atoms with E-state index < -0.39 is 0 Å². The van der Waals surface area contributed by atoms with Gasteiger partial charge in [0.25, 0.3) is 0 Å². The van der Waals surface area contributed by atoms with Crippen molar-refractivity contribution < 1.29 is 5.11 Å². The van der Waals surface area contributed by atoms with Crippen LogP contribution in [0.4, 0.5) is 0 Å². The molecule has 1 N–H and O–H groups in total. The quantitative estimate of drug-likeness (QED) is 0.715. The first-order valence-electron chi connectivity index (χ1n) is 4.31. The van der Waals surface area contributed by atoms with E-state index in [2.05, 4.69) is 18.0 Å². The average Bonchev–Trinajstić information content (AvgIpc) is 2.86. The summed E-state index contributed by atoms with van der Waals surface area (Å²) >= 11 is 0. The molecule has 0 spiro atoms. The fourth-order valence-electron chi connectivity index (χ4n) is 1.66. The first-order valence-corrected chi connectivity index (χ1v) is 4.31. The Morgan fingerprint density at radius 2 is 2.33 bits per heavy atom.